The van der Waals surface area contributed by atoms with Gasteiger partial charge in [-0.05, 0) is 38.5 Å². The van der Waals surface area contributed by atoms with Crippen LogP contribution in [0.1, 0.15) is 85.5 Å². The molecule has 0 aliphatic rings. The van der Waals surface area contributed by atoms with E-state index in [1.54, 1.807) is 6.33 Å². The lowest BCUT2D eigenvalue weighted by molar-refractivity contribution is -0.122. The Morgan fingerprint density at radius 1 is 1.18 bits per heavy atom. The van der Waals surface area contributed by atoms with E-state index in [0.29, 0.717) is 43.9 Å². The van der Waals surface area contributed by atoms with Crippen LogP contribution in [0.4, 0.5) is 5.82 Å². The van der Waals surface area contributed by atoms with E-state index in [1.165, 1.54) is 0 Å². The van der Waals surface area contributed by atoms with Crippen LogP contribution in [-0.4, -0.2) is 51.2 Å². The second kappa shape index (κ2) is 13.4. The summed E-state index contributed by atoms with van der Waals surface area (Å²) in [6.07, 6.45) is 8.24. The minimum Gasteiger partial charge on any atom is -0.382 e. The number of aryl methyl sites for hydroxylation is 1. The zero-order chi connectivity index (χ0) is 25.1. The molecule has 0 bridgehead atoms. The third-order valence-corrected chi connectivity index (χ3v) is 5.45. The SMILES string of the molecule is CCCCc1cc(N[C@@H](CC(C)C)C(=O)NCCCOCC)nc(-n2cnc(C(C)(C)C)c2)n1. The summed E-state index contributed by atoms with van der Waals surface area (Å²) in [5.41, 5.74) is 1.88. The summed E-state index contributed by atoms with van der Waals surface area (Å²) in [4.78, 5) is 27.1. The molecule has 0 spiro atoms. The quantitative estimate of drug-likeness (QED) is 0.388. The maximum Gasteiger partial charge on any atom is 0.242 e. The first-order valence-electron chi connectivity index (χ1n) is 12.7. The molecule has 2 aromatic rings. The van der Waals surface area contributed by atoms with Gasteiger partial charge in [-0.15, -0.1) is 0 Å². The third-order valence-electron chi connectivity index (χ3n) is 5.45. The third kappa shape index (κ3) is 9.05. The van der Waals surface area contributed by atoms with Crippen LogP contribution in [0.5, 0.6) is 0 Å². The van der Waals surface area contributed by atoms with E-state index in [0.717, 1.165) is 37.1 Å². The number of carbonyl (C=O) groups is 1. The van der Waals surface area contributed by atoms with Gasteiger partial charge in [-0.3, -0.25) is 9.36 Å². The number of ether oxygens (including phenoxy) is 1. The summed E-state index contributed by atoms with van der Waals surface area (Å²) in [6.45, 7) is 16.7. The first-order valence-corrected chi connectivity index (χ1v) is 12.7. The van der Waals surface area contributed by atoms with E-state index < -0.39 is 0 Å². The average molecular weight is 473 g/mol. The van der Waals surface area contributed by atoms with Gasteiger partial charge < -0.3 is 15.4 Å². The Bertz CT molecular complexity index is 888. The van der Waals surface area contributed by atoms with Crippen molar-refractivity contribution in [3.8, 4) is 5.95 Å². The van der Waals surface area contributed by atoms with Gasteiger partial charge >= 0.3 is 0 Å². The van der Waals surface area contributed by atoms with Crippen molar-refractivity contribution >= 4 is 11.7 Å². The zero-order valence-corrected chi connectivity index (χ0v) is 22.1. The van der Waals surface area contributed by atoms with Crippen molar-refractivity contribution in [3.05, 3.63) is 30.0 Å². The molecule has 8 nitrogen and oxygen atoms in total. The van der Waals surface area contributed by atoms with Gasteiger partial charge in [-0.1, -0.05) is 48.0 Å². The Morgan fingerprint density at radius 2 is 1.94 bits per heavy atom. The normalized spacial score (nSPS) is 12.7. The van der Waals surface area contributed by atoms with Gasteiger partial charge in [0.2, 0.25) is 11.9 Å². The molecule has 0 aliphatic heterocycles. The summed E-state index contributed by atoms with van der Waals surface area (Å²) in [5.74, 6) is 1.57. The van der Waals surface area contributed by atoms with Gasteiger partial charge in [0.05, 0.1) is 5.69 Å². The van der Waals surface area contributed by atoms with E-state index >= 15 is 0 Å². The van der Waals surface area contributed by atoms with Crippen LogP contribution in [0.3, 0.4) is 0 Å². The second-order valence-corrected chi connectivity index (χ2v) is 10.2. The number of rotatable bonds is 14. The Balaban J connectivity index is 2.26. The fraction of sp³-hybridized carbons (Fsp3) is 0.692. The van der Waals surface area contributed by atoms with E-state index in [-0.39, 0.29) is 17.4 Å². The number of nitrogens with zero attached hydrogens (tertiary/aromatic N) is 4. The Labute approximate surface area is 205 Å². The summed E-state index contributed by atoms with van der Waals surface area (Å²) >= 11 is 0. The minimum atomic E-state index is -0.373. The molecule has 2 N–H and O–H groups in total. The van der Waals surface area contributed by atoms with E-state index in [9.17, 15) is 4.79 Å². The fourth-order valence-corrected chi connectivity index (χ4v) is 3.51. The topological polar surface area (TPSA) is 94.0 Å². The number of imidazole rings is 1. The highest BCUT2D eigenvalue weighted by molar-refractivity contribution is 5.84. The number of hydrogen-bond donors (Lipinski definition) is 2. The molecule has 2 aromatic heterocycles. The van der Waals surface area contributed by atoms with Crippen molar-refractivity contribution in [2.45, 2.75) is 92.0 Å². The van der Waals surface area contributed by atoms with Crippen LogP contribution in [-0.2, 0) is 21.4 Å². The lowest BCUT2D eigenvalue weighted by Gasteiger charge is -2.21. The van der Waals surface area contributed by atoms with Crippen molar-refractivity contribution in [1.82, 2.24) is 24.8 Å². The summed E-state index contributed by atoms with van der Waals surface area (Å²) in [7, 11) is 0. The van der Waals surface area contributed by atoms with Crippen molar-refractivity contribution in [2.24, 2.45) is 5.92 Å². The minimum absolute atomic E-state index is 0.0156. The number of anilines is 1. The van der Waals surface area contributed by atoms with Crippen LogP contribution in [0.2, 0.25) is 0 Å². The monoisotopic (exact) mass is 472 g/mol. The van der Waals surface area contributed by atoms with Crippen LogP contribution in [0, 0.1) is 5.92 Å². The zero-order valence-electron chi connectivity index (χ0n) is 22.1. The molecule has 190 valence electrons. The molecule has 2 rings (SSSR count). The standard InChI is InChI=1S/C26H44N6O2/c1-8-10-12-20-16-23(31-25(29-20)32-17-22(28-18-32)26(5,6)7)30-21(15-19(3)4)24(33)27-13-11-14-34-9-2/h16-19,21H,8-15H2,1-7H3,(H,27,33)(H,29,30,31)/t21-/m0/s1. The average Bonchev–Trinajstić information content (AvgIpc) is 3.28. The number of unbranched alkanes of at least 4 members (excludes halogenated alkanes) is 1. The molecule has 1 amide bonds. The predicted octanol–water partition coefficient (Wildman–Crippen LogP) is 4.67. The molecule has 0 saturated carbocycles. The Morgan fingerprint density at radius 3 is 2.56 bits per heavy atom. The molecule has 0 radical (unpaired) electrons. The molecule has 0 saturated heterocycles. The first kappa shape index (κ1) is 27.8. The van der Waals surface area contributed by atoms with E-state index in [2.05, 4.69) is 57.2 Å². The lowest BCUT2D eigenvalue weighted by atomic mass is 9.93. The smallest absolute Gasteiger partial charge is 0.242 e. The maximum atomic E-state index is 13.0. The van der Waals surface area contributed by atoms with Crippen molar-refractivity contribution < 1.29 is 9.53 Å². The molecule has 0 fully saturated rings. The highest BCUT2D eigenvalue weighted by Crippen LogP contribution is 2.22. The fourth-order valence-electron chi connectivity index (χ4n) is 3.51. The largest absolute Gasteiger partial charge is 0.382 e. The summed E-state index contributed by atoms with van der Waals surface area (Å²) < 4.78 is 7.24. The first-order chi connectivity index (χ1) is 16.1. The Hall–Kier alpha value is -2.48. The number of carbonyl (C=O) groups excluding carboxylic acids is 1. The number of hydrogen-bond acceptors (Lipinski definition) is 6. The molecular weight excluding hydrogens is 428 g/mol. The van der Waals surface area contributed by atoms with Crippen molar-refractivity contribution in [2.75, 3.05) is 25.1 Å². The van der Waals surface area contributed by atoms with Crippen LogP contribution < -0.4 is 10.6 Å². The molecule has 0 unspecified atom stereocenters. The maximum absolute atomic E-state index is 13.0. The van der Waals surface area contributed by atoms with Gasteiger partial charge in [0.1, 0.15) is 18.2 Å². The lowest BCUT2D eigenvalue weighted by Crippen LogP contribution is -2.41. The molecular formula is C26H44N6O2. The molecule has 34 heavy (non-hydrogen) atoms. The van der Waals surface area contributed by atoms with Crippen molar-refractivity contribution in [1.29, 1.82) is 0 Å². The van der Waals surface area contributed by atoms with Gasteiger partial charge in [0.15, 0.2) is 0 Å². The number of aromatic nitrogens is 4. The molecule has 2 heterocycles. The van der Waals surface area contributed by atoms with Gasteiger partial charge in [-0.2, -0.15) is 4.98 Å². The highest BCUT2D eigenvalue weighted by Gasteiger charge is 2.22. The molecule has 8 heteroatoms. The molecule has 0 aromatic carbocycles. The van der Waals surface area contributed by atoms with E-state index in [4.69, 9.17) is 14.7 Å². The van der Waals surface area contributed by atoms with Crippen molar-refractivity contribution in [3.63, 3.8) is 0 Å². The number of nitrogens with one attached hydrogen (secondary N) is 2. The highest BCUT2D eigenvalue weighted by atomic mass is 16.5. The van der Waals surface area contributed by atoms with E-state index in [1.807, 2.05) is 23.8 Å². The summed E-state index contributed by atoms with van der Waals surface area (Å²) in [6, 6.07) is 1.60. The van der Waals surface area contributed by atoms with Gasteiger partial charge in [0, 0.05) is 43.1 Å². The van der Waals surface area contributed by atoms with Gasteiger partial charge in [-0.25, -0.2) is 9.97 Å². The second-order valence-electron chi connectivity index (χ2n) is 10.2. The molecule has 1 atom stereocenters. The van der Waals surface area contributed by atoms with Crippen LogP contribution in [0.15, 0.2) is 18.6 Å². The molecule has 0 aliphatic carbocycles. The van der Waals surface area contributed by atoms with Gasteiger partial charge in [0.25, 0.3) is 0 Å². The van der Waals surface area contributed by atoms with Crippen LogP contribution in [0.25, 0.3) is 5.95 Å². The number of amides is 1. The predicted molar refractivity (Wildman–Crippen MR) is 137 cm³/mol. The Kier molecular flexibility index (Phi) is 11.0. The summed E-state index contributed by atoms with van der Waals surface area (Å²) in [5, 5.41) is 6.44. The van der Waals surface area contributed by atoms with Crippen LogP contribution >= 0.6 is 0 Å².